The summed E-state index contributed by atoms with van der Waals surface area (Å²) < 4.78 is 7.27. The van der Waals surface area contributed by atoms with E-state index in [9.17, 15) is 4.79 Å². The van der Waals surface area contributed by atoms with Gasteiger partial charge < -0.3 is 24.8 Å². The minimum Gasteiger partial charge on any atom is -0.450 e. The maximum absolute atomic E-state index is 11.8. The van der Waals surface area contributed by atoms with E-state index in [0.717, 1.165) is 43.4 Å². The van der Waals surface area contributed by atoms with E-state index in [-0.39, 0.29) is 6.09 Å². The summed E-state index contributed by atoms with van der Waals surface area (Å²) in [6, 6.07) is 0.291. The smallest absolute Gasteiger partial charge is 0.409 e. The Morgan fingerprint density at radius 2 is 2.08 bits per heavy atom. The van der Waals surface area contributed by atoms with Gasteiger partial charge in [0, 0.05) is 39.1 Å². The molecule has 144 valence electrons. The Kier molecular flexibility index (Phi) is 6.30. The van der Waals surface area contributed by atoms with Gasteiger partial charge in [0.2, 0.25) is 0 Å². The van der Waals surface area contributed by atoms with Crippen LogP contribution in [0, 0.1) is 0 Å². The van der Waals surface area contributed by atoms with Gasteiger partial charge in [-0.15, -0.1) is 10.2 Å². The van der Waals surface area contributed by atoms with Crippen molar-refractivity contribution in [2.45, 2.75) is 58.2 Å². The Bertz CT molecular complexity index is 635. The van der Waals surface area contributed by atoms with Crippen molar-refractivity contribution in [2.75, 3.05) is 26.7 Å². The zero-order valence-corrected chi connectivity index (χ0v) is 15.7. The molecular formula is C17H29N7O2. The first-order valence-electron chi connectivity index (χ1n) is 9.51. The molecule has 1 saturated heterocycles. The second-order valence-electron chi connectivity index (χ2n) is 6.67. The molecule has 2 aliphatic rings. The lowest BCUT2D eigenvalue weighted by molar-refractivity contribution is 0.0963. The second-order valence-corrected chi connectivity index (χ2v) is 6.67. The number of likely N-dealkylation sites (tertiary alicyclic amines) is 1. The SMILES string of the molecule is CCOC(=O)N1CCC(NC(=NC)NCc2nnc3n2CCCC3)CC1. The number of piperidine rings is 1. The molecule has 3 heterocycles. The van der Waals surface area contributed by atoms with Crippen molar-refractivity contribution in [3.8, 4) is 0 Å². The zero-order chi connectivity index (χ0) is 18.4. The lowest BCUT2D eigenvalue weighted by Crippen LogP contribution is -2.49. The highest BCUT2D eigenvalue weighted by Crippen LogP contribution is 2.14. The minimum atomic E-state index is -0.218. The molecule has 26 heavy (non-hydrogen) atoms. The molecule has 0 atom stereocenters. The van der Waals surface area contributed by atoms with Crippen LogP contribution >= 0.6 is 0 Å². The highest BCUT2D eigenvalue weighted by Gasteiger charge is 2.24. The number of guanidine groups is 1. The summed E-state index contributed by atoms with van der Waals surface area (Å²) in [5.74, 6) is 2.80. The molecule has 0 spiro atoms. The number of aryl methyl sites for hydroxylation is 1. The normalized spacial score (nSPS) is 18.4. The van der Waals surface area contributed by atoms with E-state index in [0.29, 0.717) is 32.3 Å². The molecule has 0 saturated carbocycles. The summed E-state index contributed by atoms with van der Waals surface area (Å²) in [6.45, 7) is 5.25. The topological polar surface area (TPSA) is 96.7 Å². The number of ether oxygens (including phenoxy) is 1. The molecular weight excluding hydrogens is 334 g/mol. The van der Waals surface area contributed by atoms with E-state index in [1.165, 1.54) is 12.8 Å². The molecule has 3 rings (SSSR count). The number of carbonyl (C=O) groups excluding carboxylic acids is 1. The maximum atomic E-state index is 11.8. The number of rotatable bonds is 4. The molecule has 9 nitrogen and oxygen atoms in total. The van der Waals surface area contributed by atoms with Gasteiger partial charge in [-0.2, -0.15) is 0 Å². The highest BCUT2D eigenvalue weighted by molar-refractivity contribution is 5.79. The number of carbonyl (C=O) groups is 1. The first kappa shape index (κ1) is 18.5. The fourth-order valence-electron chi connectivity index (χ4n) is 3.47. The molecule has 9 heteroatoms. The Morgan fingerprint density at radius 1 is 1.27 bits per heavy atom. The van der Waals surface area contributed by atoms with Crippen LogP contribution in [0.25, 0.3) is 0 Å². The van der Waals surface area contributed by atoms with Crippen LogP contribution in [0.1, 0.15) is 44.3 Å². The van der Waals surface area contributed by atoms with Gasteiger partial charge in [-0.3, -0.25) is 4.99 Å². The van der Waals surface area contributed by atoms with Gasteiger partial charge >= 0.3 is 6.09 Å². The van der Waals surface area contributed by atoms with Gasteiger partial charge in [0.05, 0.1) is 13.2 Å². The monoisotopic (exact) mass is 363 g/mol. The number of amides is 1. The molecule has 0 aliphatic carbocycles. The highest BCUT2D eigenvalue weighted by atomic mass is 16.6. The quantitative estimate of drug-likeness (QED) is 0.609. The summed E-state index contributed by atoms with van der Waals surface area (Å²) in [5, 5.41) is 15.4. The van der Waals surface area contributed by atoms with Crippen LogP contribution < -0.4 is 10.6 Å². The van der Waals surface area contributed by atoms with Gasteiger partial charge in [-0.1, -0.05) is 0 Å². The van der Waals surface area contributed by atoms with Crippen LogP contribution in [-0.4, -0.2) is 64.5 Å². The predicted octanol–water partition coefficient (Wildman–Crippen LogP) is 0.900. The summed E-state index contributed by atoms with van der Waals surface area (Å²) in [5.41, 5.74) is 0. The fraction of sp³-hybridized carbons (Fsp3) is 0.765. The molecule has 0 aromatic carbocycles. The number of hydrogen-bond acceptors (Lipinski definition) is 5. The van der Waals surface area contributed by atoms with Gasteiger partial charge in [-0.05, 0) is 32.6 Å². The van der Waals surface area contributed by atoms with E-state index in [1.807, 2.05) is 6.92 Å². The summed E-state index contributed by atoms with van der Waals surface area (Å²) >= 11 is 0. The fourth-order valence-corrected chi connectivity index (χ4v) is 3.47. The third-order valence-corrected chi connectivity index (χ3v) is 4.94. The van der Waals surface area contributed by atoms with E-state index < -0.39 is 0 Å². The minimum absolute atomic E-state index is 0.218. The number of hydrogen-bond donors (Lipinski definition) is 2. The van der Waals surface area contributed by atoms with Crippen molar-refractivity contribution in [1.82, 2.24) is 30.3 Å². The van der Waals surface area contributed by atoms with Gasteiger partial charge in [0.1, 0.15) is 5.82 Å². The largest absolute Gasteiger partial charge is 0.450 e. The first-order chi connectivity index (χ1) is 12.7. The Balaban J connectivity index is 1.46. The first-order valence-corrected chi connectivity index (χ1v) is 9.51. The zero-order valence-electron chi connectivity index (χ0n) is 15.7. The van der Waals surface area contributed by atoms with E-state index >= 15 is 0 Å². The van der Waals surface area contributed by atoms with Crippen LogP contribution in [-0.2, 0) is 24.2 Å². The van der Waals surface area contributed by atoms with Crippen molar-refractivity contribution in [3.63, 3.8) is 0 Å². The molecule has 0 radical (unpaired) electrons. The maximum Gasteiger partial charge on any atom is 0.409 e. The Morgan fingerprint density at radius 3 is 2.81 bits per heavy atom. The summed E-state index contributed by atoms with van der Waals surface area (Å²) in [4.78, 5) is 17.8. The van der Waals surface area contributed by atoms with Crippen LogP contribution in [0.5, 0.6) is 0 Å². The summed E-state index contributed by atoms with van der Waals surface area (Å²) in [6.07, 6.45) is 4.92. The number of nitrogens with one attached hydrogen (secondary N) is 2. The summed E-state index contributed by atoms with van der Waals surface area (Å²) in [7, 11) is 1.77. The van der Waals surface area contributed by atoms with Crippen molar-refractivity contribution in [2.24, 2.45) is 4.99 Å². The Hall–Kier alpha value is -2.32. The molecule has 2 N–H and O–H groups in total. The number of nitrogens with zero attached hydrogens (tertiary/aromatic N) is 5. The van der Waals surface area contributed by atoms with E-state index in [2.05, 4.69) is 30.4 Å². The number of aromatic nitrogens is 3. The molecule has 1 amide bonds. The van der Waals surface area contributed by atoms with Crippen LogP contribution in [0.3, 0.4) is 0 Å². The lowest BCUT2D eigenvalue weighted by atomic mass is 10.1. The average molecular weight is 363 g/mol. The van der Waals surface area contributed by atoms with E-state index in [1.54, 1.807) is 11.9 Å². The molecule has 0 unspecified atom stereocenters. The predicted molar refractivity (Wildman–Crippen MR) is 97.9 cm³/mol. The van der Waals surface area contributed by atoms with E-state index in [4.69, 9.17) is 4.74 Å². The second kappa shape index (κ2) is 8.86. The van der Waals surface area contributed by atoms with Crippen LogP contribution in [0.15, 0.2) is 4.99 Å². The van der Waals surface area contributed by atoms with Crippen molar-refractivity contribution < 1.29 is 9.53 Å². The molecule has 1 aromatic rings. The molecule has 1 fully saturated rings. The van der Waals surface area contributed by atoms with Gasteiger partial charge in [-0.25, -0.2) is 4.79 Å². The average Bonchev–Trinajstić information content (AvgIpc) is 3.09. The third-order valence-electron chi connectivity index (χ3n) is 4.94. The van der Waals surface area contributed by atoms with Crippen molar-refractivity contribution in [3.05, 3.63) is 11.6 Å². The third kappa shape index (κ3) is 4.44. The number of fused-ring (bicyclic) bond motifs is 1. The van der Waals surface area contributed by atoms with Gasteiger partial charge in [0.25, 0.3) is 0 Å². The Labute approximate surface area is 154 Å². The number of aliphatic imine (C=N–C) groups is 1. The van der Waals surface area contributed by atoms with Crippen LogP contribution in [0.2, 0.25) is 0 Å². The molecule has 1 aromatic heterocycles. The van der Waals surface area contributed by atoms with Crippen molar-refractivity contribution in [1.29, 1.82) is 0 Å². The molecule has 0 bridgehead atoms. The molecule has 2 aliphatic heterocycles. The van der Waals surface area contributed by atoms with Crippen molar-refractivity contribution >= 4 is 12.1 Å². The van der Waals surface area contributed by atoms with Gasteiger partial charge in [0.15, 0.2) is 11.8 Å². The lowest BCUT2D eigenvalue weighted by Gasteiger charge is -2.32. The van der Waals surface area contributed by atoms with Crippen LogP contribution in [0.4, 0.5) is 4.79 Å². The standard InChI is InChI=1S/C17H29N7O2/c1-3-26-17(25)23-10-7-13(8-11-23)20-16(18-2)19-12-15-22-21-14-6-4-5-9-24(14)15/h13H,3-12H2,1-2H3,(H2,18,19,20).